The second-order valence-corrected chi connectivity index (χ2v) is 18.6. The third-order valence-corrected chi connectivity index (χ3v) is 12.0. The molecule has 282 valence electrons. The Labute approximate surface area is 349 Å². The first-order chi connectivity index (χ1) is 27.3. The van der Waals surface area contributed by atoms with Crippen LogP contribution in [0.15, 0.2) is 151 Å². The van der Waals surface area contributed by atoms with E-state index < -0.39 is 5.41 Å². The van der Waals surface area contributed by atoms with Gasteiger partial charge in [0.25, 0.3) is 0 Å². The van der Waals surface area contributed by atoms with Gasteiger partial charge in [-0.05, 0) is 128 Å². The van der Waals surface area contributed by atoms with E-state index in [9.17, 15) is 0 Å². The molecule has 0 unspecified atom stereocenters. The molecule has 0 saturated carbocycles. The Hall–Kier alpha value is -5.44. The Morgan fingerprint density at radius 3 is 1.00 bits per heavy atom. The molecular formula is C49H40Br2N4O2. The summed E-state index contributed by atoms with van der Waals surface area (Å²) in [4.78, 5) is 0. The highest BCUT2D eigenvalue weighted by atomic mass is 79.9. The van der Waals surface area contributed by atoms with E-state index in [-0.39, 0.29) is 10.8 Å². The van der Waals surface area contributed by atoms with Crippen LogP contribution in [0.3, 0.4) is 0 Å². The Morgan fingerprint density at radius 1 is 0.404 bits per heavy atom. The predicted molar refractivity (Wildman–Crippen MR) is 234 cm³/mol. The fourth-order valence-corrected chi connectivity index (χ4v) is 8.64. The van der Waals surface area contributed by atoms with E-state index in [4.69, 9.17) is 8.83 Å². The highest BCUT2D eigenvalue weighted by Gasteiger charge is 2.46. The number of benzene rings is 6. The summed E-state index contributed by atoms with van der Waals surface area (Å²) in [6, 6.07) is 46.8. The third-order valence-electron chi connectivity index (χ3n) is 11.0. The van der Waals surface area contributed by atoms with Crippen molar-refractivity contribution in [2.75, 3.05) is 0 Å². The average Bonchev–Trinajstić information content (AvgIpc) is 3.96. The summed E-state index contributed by atoms with van der Waals surface area (Å²) in [6.45, 7) is 13.2. The number of aromatic nitrogens is 4. The van der Waals surface area contributed by atoms with Crippen molar-refractivity contribution in [3.63, 3.8) is 0 Å². The van der Waals surface area contributed by atoms with Crippen molar-refractivity contribution in [1.29, 1.82) is 0 Å². The predicted octanol–water partition coefficient (Wildman–Crippen LogP) is 13.6. The lowest BCUT2D eigenvalue weighted by atomic mass is 9.67. The van der Waals surface area contributed by atoms with Crippen molar-refractivity contribution in [1.82, 2.24) is 20.4 Å². The summed E-state index contributed by atoms with van der Waals surface area (Å²) in [7, 11) is 0. The van der Waals surface area contributed by atoms with E-state index >= 15 is 0 Å². The highest BCUT2D eigenvalue weighted by Crippen LogP contribution is 2.57. The highest BCUT2D eigenvalue weighted by molar-refractivity contribution is 9.10. The van der Waals surface area contributed by atoms with Crippen LogP contribution in [0.5, 0.6) is 0 Å². The van der Waals surface area contributed by atoms with Gasteiger partial charge in [-0.3, -0.25) is 0 Å². The zero-order valence-electron chi connectivity index (χ0n) is 32.6. The molecule has 0 aliphatic heterocycles. The fourth-order valence-electron chi connectivity index (χ4n) is 7.92. The standard InChI is InChI=1S/C49H40Br2N4O2/c1-47(2,3)33-15-7-29(8-16-33)43-52-54-45(56-43)31-11-19-35(20-12-31)49(41-27-37(50)23-25-39(41)40-26-24-38(51)28-42(40)49)36-21-13-32(14-22-36)46-55-53-44(57-46)30-9-17-34(18-10-30)48(4,5)6/h7-28H,1-6H3. The van der Waals surface area contributed by atoms with Gasteiger partial charge >= 0.3 is 0 Å². The molecule has 0 N–H and O–H groups in total. The molecule has 6 aromatic carbocycles. The lowest BCUT2D eigenvalue weighted by Gasteiger charge is -2.34. The Bertz CT molecular complexity index is 2560. The average molecular weight is 877 g/mol. The molecule has 8 aromatic rings. The first-order valence-electron chi connectivity index (χ1n) is 19.0. The first-order valence-corrected chi connectivity index (χ1v) is 20.6. The summed E-state index contributed by atoms with van der Waals surface area (Å²) in [6.07, 6.45) is 0. The van der Waals surface area contributed by atoms with E-state index in [1.165, 1.54) is 33.4 Å². The molecule has 9 rings (SSSR count). The molecule has 0 radical (unpaired) electrons. The smallest absolute Gasteiger partial charge is 0.248 e. The molecular weight excluding hydrogens is 836 g/mol. The molecule has 1 aliphatic carbocycles. The minimum atomic E-state index is -0.654. The maximum absolute atomic E-state index is 6.25. The molecule has 0 bridgehead atoms. The summed E-state index contributed by atoms with van der Waals surface area (Å²) >= 11 is 7.62. The molecule has 0 atom stereocenters. The van der Waals surface area contributed by atoms with Crippen LogP contribution in [-0.4, -0.2) is 20.4 Å². The molecule has 0 fully saturated rings. The second-order valence-electron chi connectivity index (χ2n) is 16.8. The van der Waals surface area contributed by atoms with E-state index in [0.29, 0.717) is 23.6 Å². The van der Waals surface area contributed by atoms with Gasteiger partial charge in [-0.25, -0.2) is 0 Å². The zero-order valence-corrected chi connectivity index (χ0v) is 35.7. The van der Waals surface area contributed by atoms with Gasteiger partial charge in [-0.2, -0.15) is 0 Å². The summed E-state index contributed by atoms with van der Waals surface area (Å²) in [5.74, 6) is 1.92. The summed E-state index contributed by atoms with van der Waals surface area (Å²) < 4.78 is 14.5. The topological polar surface area (TPSA) is 77.8 Å². The minimum absolute atomic E-state index is 0.0596. The van der Waals surface area contributed by atoms with Gasteiger partial charge in [0.1, 0.15) is 0 Å². The van der Waals surface area contributed by atoms with Gasteiger partial charge < -0.3 is 8.83 Å². The van der Waals surface area contributed by atoms with Crippen LogP contribution in [0.4, 0.5) is 0 Å². The van der Waals surface area contributed by atoms with Crippen molar-refractivity contribution in [3.05, 3.63) is 176 Å². The summed E-state index contributed by atoms with van der Waals surface area (Å²) in [5.41, 5.74) is 12.4. The fraction of sp³-hybridized carbons (Fsp3) is 0.184. The zero-order chi connectivity index (χ0) is 39.7. The van der Waals surface area contributed by atoms with Crippen molar-refractivity contribution < 1.29 is 8.83 Å². The molecule has 6 nitrogen and oxygen atoms in total. The van der Waals surface area contributed by atoms with Crippen molar-refractivity contribution >= 4 is 31.9 Å². The molecule has 2 heterocycles. The quantitative estimate of drug-likeness (QED) is 0.166. The van der Waals surface area contributed by atoms with E-state index in [1.54, 1.807) is 0 Å². The number of nitrogens with zero attached hydrogens (tertiary/aromatic N) is 4. The van der Waals surface area contributed by atoms with Gasteiger partial charge in [-0.1, -0.05) is 134 Å². The number of halogens is 2. The van der Waals surface area contributed by atoms with Crippen LogP contribution in [-0.2, 0) is 16.2 Å². The maximum atomic E-state index is 6.25. The van der Waals surface area contributed by atoms with Gasteiger partial charge in [0.2, 0.25) is 23.6 Å². The van der Waals surface area contributed by atoms with Crippen LogP contribution in [0.25, 0.3) is 56.9 Å². The van der Waals surface area contributed by atoms with Crippen LogP contribution in [0, 0.1) is 0 Å². The number of hydrogen-bond acceptors (Lipinski definition) is 6. The first kappa shape index (κ1) is 37.2. The van der Waals surface area contributed by atoms with Gasteiger partial charge in [0, 0.05) is 31.2 Å². The van der Waals surface area contributed by atoms with Crippen molar-refractivity contribution in [2.45, 2.75) is 57.8 Å². The number of rotatable bonds is 6. The van der Waals surface area contributed by atoms with Crippen molar-refractivity contribution in [3.8, 4) is 56.9 Å². The van der Waals surface area contributed by atoms with E-state index in [0.717, 1.165) is 42.3 Å². The summed E-state index contributed by atoms with van der Waals surface area (Å²) in [5, 5.41) is 17.7. The second kappa shape index (κ2) is 13.9. The van der Waals surface area contributed by atoms with Crippen LogP contribution < -0.4 is 0 Å². The van der Waals surface area contributed by atoms with Gasteiger partial charge in [0.15, 0.2) is 0 Å². The molecule has 8 heteroatoms. The molecule has 1 aliphatic rings. The lowest BCUT2D eigenvalue weighted by Crippen LogP contribution is -2.28. The van der Waals surface area contributed by atoms with Crippen LogP contribution >= 0.6 is 31.9 Å². The Kier molecular flexibility index (Phi) is 9.05. The van der Waals surface area contributed by atoms with Gasteiger partial charge in [-0.15, -0.1) is 20.4 Å². The third kappa shape index (κ3) is 6.58. The minimum Gasteiger partial charge on any atom is -0.416 e. The Morgan fingerprint density at radius 2 is 0.702 bits per heavy atom. The molecule has 57 heavy (non-hydrogen) atoms. The molecule has 0 amide bonds. The lowest BCUT2D eigenvalue weighted by molar-refractivity contribution is 0.582. The SMILES string of the molecule is CC(C)(C)c1ccc(-c2nnc(-c3ccc(C4(c5ccc(-c6nnc(-c7ccc(C(C)(C)C)cc7)o6)cc5)c5cc(Br)ccc5-c5ccc(Br)cc54)cc3)o2)cc1. The van der Waals surface area contributed by atoms with E-state index in [1.807, 2.05) is 24.3 Å². The number of hydrogen-bond donors (Lipinski definition) is 0. The molecule has 2 aromatic heterocycles. The number of fused-ring (bicyclic) bond motifs is 3. The van der Waals surface area contributed by atoms with Crippen LogP contribution in [0.2, 0.25) is 0 Å². The van der Waals surface area contributed by atoms with E-state index in [2.05, 4.69) is 203 Å². The maximum Gasteiger partial charge on any atom is 0.248 e. The normalized spacial score (nSPS) is 13.4. The molecule has 0 spiro atoms. The largest absolute Gasteiger partial charge is 0.416 e. The van der Waals surface area contributed by atoms with Gasteiger partial charge in [0.05, 0.1) is 5.41 Å². The monoisotopic (exact) mass is 874 g/mol. The van der Waals surface area contributed by atoms with Crippen LogP contribution in [0.1, 0.15) is 74.9 Å². The van der Waals surface area contributed by atoms with Crippen molar-refractivity contribution in [2.24, 2.45) is 0 Å². The Balaban J connectivity index is 1.11. The molecule has 0 saturated heterocycles.